The molecule has 0 fully saturated rings. The normalized spacial score (nSPS) is 12.0. The van der Waals surface area contributed by atoms with Crippen LogP contribution in [0.1, 0.15) is 32.0 Å². The highest BCUT2D eigenvalue weighted by molar-refractivity contribution is 5.22. The fourth-order valence-corrected chi connectivity index (χ4v) is 1.17. The van der Waals surface area contributed by atoms with Gasteiger partial charge in [-0.05, 0) is 0 Å². The van der Waals surface area contributed by atoms with Crippen LogP contribution in [0, 0.1) is 0 Å². The van der Waals surface area contributed by atoms with Crippen LogP contribution >= 0.6 is 0 Å². The molecule has 1 heterocycles. The fourth-order valence-electron chi connectivity index (χ4n) is 1.17. The molecular formula is C8H14N2O2. The average Bonchev–Trinajstić information content (AvgIpc) is 2.29. The minimum Gasteiger partial charge on any atom is -0.391 e. The van der Waals surface area contributed by atoms with E-state index in [0.29, 0.717) is 5.56 Å². The summed E-state index contributed by atoms with van der Waals surface area (Å²) in [7, 11) is 0. The lowest BCUT2D eigenvalue weighted by atomic mass is 9.90. The minimum absolute atomic E-state index is 0.142. The smallest absolute Gasteiger partial charge is 0.269 e. The molecule has 1 aromatic heterocycles. The summed E-state index contributed by atoms with van der Waals surface area (Å²) in [5.41, 5.74) is 0.831. The molecule has 4 nitrogen and oxygen atoms in total. The molecule has 3 N–H and O–H groups in total. The van der Waals surface area contributed by atoms with E-state index in [1.54, 1.807) is 0 Å². The zero-order chi connectivity index (χ0) is 9.35. The monoisotopic (exact) mass is 170 g/mol. The molecule has 0 atom stereocenters. The highest BCUT2D eigenvalue weighted by Crippen LogP contribution is 2.21. The van der Waals surface area contributed by atoms with Crippen LogP contribution in [0.25, 0.3) is 0 Å². The van der Waals surface area contributed by atoms with Gasteiger partial charge in [-0.25, -0.2) is 0 Å². The van der Waals surface area contributed by atoms with E-state index in [0.717, 1.165) is 5.69 Å². The molecule has 4 heteroatoms. The van der Waals surface area contributed by atoms with E-state index in [1.807, 2.05) is 20.8 Å². The van der Waals surface area contributed by atoms with Crippen molar-refractivity contribution in [1.29, 1.82) is 0 Å². The Hall–Kier alpha value is -1.03. The quantitative estimate of drug-likeness (QED) is 0.574. The Morgan fingerprint density at radius 3 is 2.25 bits per heavy atom. The van der Waals surface area contributed by atoms with Gasteiger partial charge in [-0.15, -0.1) is 0 Å². The van der Waals surface area contributed by atoms with Crippen LogP contribution in [0.5, 0.6) is 0 Å². The Balaban J connectivity index is 3.26. The maximum absolute atomic E-state index is 11.1. The first-order chi connectivity index (χ1) is 5.46. The SMILES string of the molecule is CC(C)(C)c1[nH][nH]c(=O)c1CO. The molecule has 1 aromatic rings. The van der Waals surface area contributed by atoms with Crippen LogP contribution in [0.2, 0.25) is 0 Å². The molecule has 68 valence electrons. The number of hydrogen-bond acceptors (Lipinski definition) is 2. The topological polar surface area (TPSA) is 68.9 Å². The third-order valence-corrected chi connectivity index (χ3v) is 1.79. The predicted octanol–water partition coefficient (Wildman–Crippen LogP) is 0.493. The van der Waals surface area contributed by atoms with Gasteiger partial charge in [0.25, 0.3) is 5.56 Å². The minimum atomic E-state index is -0.234. The Kier molecular flexibility index (Phi) is 2.10. The van der Waals surface area contributed by atoms with Crippen molar-refractivity contribution in [2.75, 3.05) is 0 Å². The van der Waals surface area contributed by atoms with Crippen LogP contribution in [0.3, 0.4) is 0 Å². The van der Waals surface area contributed by atoms with E-state index < -0.39 is 0 Å². The molecule has 0 saturated heterocycles. The molecule has 0 aliphatic heterocycles. The first-order valence-corrected chi connectivity index (χ1v) is 3.87. The number of hydrogen-bond donors (Lipinski definition) is 3. The molecule has 0 aliphatic carbocycles. The first-order valence-electron chi connectivity index (χ1n) is 3.87. The van der Waals surface area contributed by atoms with Gasteiger partial charge in [0.05, 0.1) is 12.2 Å². The van der Waals surface area contributed by atoms with E-state index in [2.05, 4.69) is 10.2 Å². The van der Waals surface area contributed by atoms with Crippen LogP contribution in [-0.2, 0) is 12.0 Å². The van der Waals surface area contributed by atoms with Gasteiger partial charge in [0.1, 0.15) is 0 Å². The van der Waals surface area contributed by atoms with E-state index in [4.69, 9.17) is 5.11 Å². The van der Waals surface area contributed by atoms with Gasteiger partial charge in [-0.1, -0.05) is 20.8 Å². The van der Waals surface area contributed by atoms with Gasteiger partial charge in [-0.3, -0.25) is 9.89 Å². The highest BCUT2D eigenvalue weighted by atomic mass is 16.3. The lowest BCUT2D eigenvalue weighted by molar-refractivity contribution is 0.277. The van der Waals surface area contributed by atoms with Crippen molar-refractivity contribution in [1.82, 2.24) is 10.2 Å². The molecule has 1 rings (SSSR count). The zero-order valence-electron chi connectivity index (χ0n) is 7.56. The van der Waals surface area contributed by atoms with E-state index in [-0.39, 0.29) is 17.6 Å². The third kappa shape index (κ3) is 1.43. The van der Waals surface area contributed by atoms with Crippen LogP contribution < -0.4 is 5.56 Å². The molecule has 0 amide bonds. The van der Waals surface area contributed by atoms with Gasteiger partial charge in [-0.2, -0.15) is 0 Å². The van der Waals surface area contributed by atoms with Crippen molar-refractivity contribution in [3.63, 3.8) is 0 Å². The summed E-state index contributed by atoms with van der Waals surface area (Å²) in [4.78, 5) is 11.1. The second-order valence-corrected chi connectivity index (χ2v) is 3.84. The summed E-state index contributed by atoms with van der Waals surface area (Å²) >= 11 is 0. The second-order valence-electron chi connectivity index (χ2n) is 3.84. The van der Waals surface area contributed by atoms with Crippen LogP contribution in [0.4, 0.5) is 0 Å². The summed E-state index contributed by atoms with van der Waals surface area (Å²) in [6.45, 7) is 5.72. The molecule has 0 radical (unpaired) electrons. The van der Waals surface area contributed by atoms with E-state index >= 15 is 0 Å². The summed E-state index contributed by atoms with van der Waals surface area (Å²) in [5.74, 6) is 0. The fraction of sp³-hybridized carbons (Fsp3) is 0.625. The summed E-state index contributed by atoms with van der Waals surface area (Å²) in [6.07, 6.45) is 0. The lowest BCUT2D eigenvalue weighted by Gasteiger charge is -2.17. The largest absolute Gasteiger partial charge is 0.391 e. The molecule has 0 spiro atoms. The van der Waals surface area contributed by atoms with Crippen molar-refractivity contribution >= 4 is 0 Å². The first kappa shape index (κ1) is 9.06. The van der Waals surface area contributed by atoms with Crippen molar-refractivity contribution in [3.8, 4) is 0 Å². The lowest BCUT2D eigenvalue weighted by Crippen LogP contribution is -2.16. The maximum Gasteiger partial charge on any atom is 0.269 e. The zero-order valence-corrected chi connectivity index (χ0v) is 7.56. The van der Waals surface area contributed by atoms with Crippen molar-refractivity contribution in [3.05, 3.63) is 21.6 Å². The van der Waals surface area contributed by atoms with Gasteiger partial charge in [0, 0.05) is 11.1 Å². The molecule has 0 unspecified atom stereocenters. The van der Waals surface area contributed by atoms with E-state index in [1.165, 1.54) is 0 Å². The van der Waals surface area contributed by atoms with Crippen molar-refractivity contribution < 1.29 is 5.11 Å². The number of aliphatic hydroxyl groups is 1. The summed E-state index contributed by atoms with van der Waals surface area (Å²) < 4.78 is 0. The van der Waals surface area contributed by atoms with Gasteiger partial charge in [0.2, 0.25) is 0 Å². The Morgan fingerprint density at radius 1 is 1.33 bits per heavy atom. The standard InChI is InChI=1S/C8H14N2O2/c1-8(2,3)6-5(4-11)7(12)10-9-6/h11H,4H2,1-3H3,(H2,9,10,12). The summed E-state index contributed by atoms with van der Waals surface area (Å²) in [6, 6.07) is 0. The highest BCUT2D eigenvalue weighted by Gasteiger charge is 2.21. The Morgan fingerprint density at radius 2 is 1.92 bits per heavy atom. The molecular weight excluding hydrogens is 156 g/mol. The van der Waals surface area contributed by atoms with Crippen molar-refractivity contribution in [2.45, 2.75) is 32.8 Å². The average molecular weight is 170 g/mol. The Bertz CT molecular complexity index is 317. The third-order valence-electron chi connectivity index (χ3n) is 1.79. The van der Waals surface area contributed by atoms with Crippen LogP contribution in [-0.4, -0.2) is 15.3 Å². The number of rotatable bonds is 1. The molecule has 12 heavy (non-hydrogen) atoms. The van der Waals surface area contributed by atoms with Gasteiger partial charge >= 0.3 is 0 Å². The number of aliphatic hydroxyl groups excluding tert-OH is 1. The molecule has 0 aromatic carbocycles. The predicted molar refractivity (Wildman–Crippen MR) is 46.0 cm³/mol. The number of aromatic amines is 2. The second kappa shape index (κ2) is 2.79. The molecule has 0 bridgehead atoms. The molecule has 0 aliphatic rings. The number of nitrogens with one attached hydrogen (secondary N) is 2. The van der Waals surface area contributed by atoms with Crippen LogP contribution in [0.15, 0.2) is 4.79 Å². The number of H-pyrrole nitrogens is 2. The number of aromatic nitrogens is 2. The molecule has 0 saturated carbocycles. The van der Waals surface area contributed by atoms with Gasteiger partial charge in [0.15, 0.2) is 0 Å². The van der Waals surface area contributed by atoms with E-state index in [9.17, 15) is 4.79 Å². The summed E-state index contributed by atoms with van der Waals surface area (Å²) in [5, 5.41) is 14.1. The maximum atomic E-state index is 11.1. The van der Waals surface area contributed by atoms with Crippen molar-refractivity contribution in [2.24, 2.45) is 0 Å². The Labute approximate surface area is 70.6 Å². The van der Waals surface area contributed by atoms with Gasteiger partial charge < -0.3 is 10.2 Å².